The van der Waals surface area contributed by atoms with Crippen molar-refractivity contribution < 1.29 is 9.18 Å². The highest BCUT2D eigenvalue weighted by Crippen LogP contribution is 2.40. The van der Waals surface area contributed by atoms with Gasteiger partial charge in [-0.25, -0.2) is 14.1 Å². The molecule has 2 aliphatic rings. The van der Waals surface area contributed by atoms with E-state index >= 15 is 0 Å². The topological polar surface area (TPSA) is 47.8 Å². The Labute approximate surface area is 123 Å². The molecule has 5 heteroatoms. The molecule has 0 bridgehead atoms. The number of hydrogen-bond acceptors (Lipinski definition) is 3. The molecule has 1 aliphatic carbocycles. The zero-order chi connectivity index (χ0) is 15.0. The Hall–Kier alpha value is -2.04. The highest BCUT2D eigenvalue weighted by molar-refractivity contribution is 5.95. The van der Waals surface area contributed by atoms with E-state index in [-0.39, 0.29) is 29.4 Å². The molecule has 0 spiro atoms. The first-order valence-corrected chi connectivity index (χ1v) is 7.25. The molecule has 0 saturated heterocycles. The minimum atomic E-state index is -1.18. The van der Waals surface area contributed by atoms with E-state index in [1.165, 1.54) is 0 Å². The van der Waals surface area contributed by atoms with Crippen LogP contribution in [-0.2, 0) is 0 Å². The van der Waals surface area contributed by atoms with Crippen LogP contribution in [0.1, 0.15) is 54.8 Å². The SMILES string of the molecule is C=C/C=C(\C=C/C)C1CC(F)c2nc(C(=O)C3CC3)nn21. The van der Waals surface area contributed by atoms with Crippen LogP contribution in [0.5, 0.6) is 0 Å². The maximum atomic E-state index is 14.2. The number of aromatic nitrogens is 3. The summed E-state index contributed by atoms with van der Waals surface area (Å²) in [4.78, 5) is 16.2. The minimum Gasteiger partial charge on any atom is -0.290 e. The zero-order valence-corrected chi connectivity index (χ0v) is 12.0. The molecule has 110 valence electrons. The molecule has 1 aromatic heterocycles. The number of ketones is 1. The van der Waals surface area contributed by atoms with Gasteiger partial charge in [-0.2, -0.15) is 0 Å². The van der Waals surface area contributed by atoms with E-state index in [9.17, 15) is 9.18 Å². The second-order valence-electron chi connectivity index (χ2n) is 5.50. The van der Waals surface area contributed by atoms with Crippen LogP contribution in [0.4, 0.5) is 4.39 Å². The van der Waals surface area contributed by atoms with Gasteiger partial charge in [-0.15, -0.1) is 5.10 Å². The molecule has 1 aliphatic heterocycles. The monoisotopic (exact) mass is 287 g/mol. The van der Waals surface area contributed by atoms with E-state index in [2.05, 4.69) is 16.7 Å². The molecule has 1 aromatic rings. The molecule has 2 unspecified atom stereocenters. The van der Waals surface area contributed by atoms with Crippen molar-refractivity contribution in [1.29, 1.82) is 0 Å². The Morgan fingerprint density at radius 2 is 2.24 bits per heavy atom. The first kappa shape index (κ1) is 13.9. The van der Waals surface area contributed by atoms with Crippen LogP contribution in [0.15, 0.2) is 36.5 Å². The maximum Gasteiger partial charge on any atom is 0.217 e. The van der Waals surface area contributed by atoms with Gasteiger partial charge in [-0.05, 0) is 25.3 Å². The lowest BCUT2D eigenvalue weighted by Crippen LogP contribution is -2.10. The van der Waals surface area contributed by atoms with Crippen molar-refractivity contribution in [2.75, 3.05) is 0 Å². The number of hydrogen-bond donors (Lipinski definition) is 0. The van der Waals surface area contributed by atoms with E-state index in [4.69, 9.17) is 0 Å². The highest BCUT2D eigenvalue weighted by atomic mass is 19.1. The summed E-state index contributed by atoms with van der Waals surface area (Å²) in [5, 5.41) is 4.28. The number of rotatable bonds is 5. The van der Waals surface area contributed by atoms with E-state index in [0.29, 0.717) is 6.42 Å². The van der Waals surface area contributed by atoms with Gasteiger partial charge in [0.15, 0.2) is 12.0 Å². The highest BCUT2D eigenvalue weighted by Gasteiger charge is 2.39. The van der Waals surface area contributed by atoms with E-state index in [1.54, 1.807) is 10.8 Å². The largest absolute Gasteiger partial charge is 0.290 e. The molecular weight excluding hydrogens is 269 g/mol. The van der Waals surface area contributed by atoms with Crippen LogP contribution in [0.3, 0.4) is 0 Å². The number of alkyl halides is 1. The Morgan fingerprint density at radius 3 is 2.86 bits per heavy atom. The predicted octanol–water partition coefficient (Wildman–Crippen LogP) is 3.51. The number of carbonyl (C=O) groups excluding carboxylic acids is 1. The Morgan fingerprint density at radius 1 is 1.48 bits per heavy atom. The van der Waals surface area contributed by atoms with Gasteiger partial charge in [0.1, 0.15) is 0 Å². The zero-order valence-electron chi connectivity index (χ0n) is 12.0. The molecule has 4 nitrogen and oxygen atoms in total. The van der Waals surface area contributed by atoms with Crippen LogP contribution >= 0.6 is 0 Å². The predicted molar refractivity (Wildman–Crippen MR) is 77.7 cm³/mol. The number of halogens is 1. The summed E-state index contributed by atoms with van der Waals surface area (Å²) < 4.78 is 15.8. The second-order valence-corrected chi connectivity index (χ2v) is 5.50. The maximum absolute atomic E-state index is 14.2. The smallest absolute Gasteiger partial charge is 0.217 e. The molecule has 0 N–H and O–H groups in total. The van der Waals surface area contributed by atoms with Gasteiger partial charge in [-0.3, -0.25) is 4.79 Å². The number of fused-ring (bicyclic) bond motifs is 1. The van der Waals surface area contributed by atoms with Gasteiger partial charge < -0.3 is 0 Å². The number of carbonyl (C=O) groups is 1. The summed E-state index contributed by atoms with van der Waals surface area (Å²) in [7, 11) is 0. The molecular formula is C16H18FN3O. The molecule has 21 heavy (non-hydrogen) atoms. The molecule has 0 aromatic carbocycles. The van der Waals surface area contributed by atoms with Gasteiger partial charge in [0.2, 0.25) is 11.6 Å². The lowest BCUT2D eigenvalue weighted by molar-refractivity contribution is 0.0956. The fraction of sp³-hybridized carbons (Fsp3) is 0.438. The van der Waals surface area contributed by atoms with Gasteiger partial charge in [0.05, 0.1) is 6.04 Å². The van der Waals surface area contributed by atoms with Crippen molar-refractivity contribution >= 4 is 5.78 Å². The summed E-state index contributed by atoms with van der Waals surface area (Å²) in [6.07, 6.45) is 8.24. The van der Waals surface area contributed by atoms with Crippen LogP contribution in [-0.4, -0.2) is 20.5 Å². The molecule has 0 radical (unpaired) electrons. The van der Waals surface area contributed by atoms with Crippen molar-refractivity contribution in [3.8, 4) is 0 Å². The van der Waals surface area contributed by atoms with Crippen molar-refractivity contribution in [1.82, 2.24) is 14.8 Å². The van der Waals surface area contributed by atoms with Crippen LogP contribution in [0.25, 0.3) is 0 Å². The molecule has 2 atom stereocenters. The molecule has 0 amide bonds. The number of Topliss-reactive ketones (excluding diaryl/α,β-unsaturated/α-hetero) is 1. The third kappa shape index (κ3) is 2.48. The van der Waals surface area contributed by atoms with Crippen molar-refractivity contribution in [3.05, 3.63) is 48.1 Å². The standard InChI is InChI=1S/C16H18FN3O/c1-3-5-10(6-4-2)13-9-12(17)16-18-15(19-20(13)16)14(21)11-7-8-11/h3-6,11-13H,1,7-9H2,2H3/b6-4-,10-5+. The molecule has 1 fully saturated rings. The Kier molecular flexibility index (Phi) is 3.57. The second kappa shape index (κ2) is 5.39. The van der Waals surface area contributed by atoms with E-state index in [0.717, 1.165) is 18.4 Å². The van der Waals surface area contributed by atoms with E-state index < -0.39 is 6.17 Å². The third-order valence-corrected chi connectivity index (χ3v) is 3.89. The third-order valence-electron chi connectivity index (χ3n) is 3.89. The van der Waals surface area contributed by atoms with Crippen molar-refractivity contribution in [2.24, 2.45) is 5.92 Å². The normalized spacial score (nSPS) is 25.3. The molecule has 1 saturated carbocycles. The average molecular weight is 287 g/mol. The Bertz CT molecular complexity index is 640. The fourth-order valence-corrected chi connectivity index (χ4v) is 2.70. The van der Waals surface area contributed by atoms with Crippen LogP contribution in [0.2, 0.25) is 0 Å². The lowest BCUT2D eigenvalue weighted by atomic mass is 10.0. The molecule has 3 rings (SSSR count). The van der Waals surface area contributed by atoms with Gasteiger partial charge in [-0.1, -0.05) is 30.9 Å². The Balaban J connectivity index is 1.96. The first-order valence-electron chi connectivity index (χ1n) is 7.25. The average Bonchev–Trinajstić information content (AvgIpc) is 3.14. The summed E-state index contributed by atoms with van der Waals surface area (Å²) in [6, 6.07) is -0.225. The molecule has 2 heterocycles. The van der Waals surface area contributed by atoms with Crippen molar-refractivity contribution in [2.45, 2.75) is 38.4 Å². The van der Waals surface area contributed by atoms with Gasteiger partial charge in [0.25, 0.3) is 0 Å². The summed E-state index contributed by atoms with van der Waals surface area (Å²) in [5.41, 5.74) is 0.921. The number of nitrogens with zero attached hydrogens (tertiary/aromatic N) is 3. The van der Waals surface area contributed by atoms with E-state index in [1.807, 2.05) is 25.2 Å². The fourth-order valence-electron chi connectivity index (χ4n) is 2.70. The van der Waals surface area contributed by atoms with Gasteiger partial charge >= 0.3 is 0 Å². The summed E-state index contributed by atoms with van der Waals surface area (Å²) in [5.74, 6) is 0.424. The van der Waals surface area contributed by atoms with Crippen LogP contribution < -0.4 is 0 Å². The first-order chi connectivity index (χ1) is 10.2. The summed E-state index contributed by atoms with van der Waals surface area (Å²) in [6.45, 7) is 5.60. The summed E-state index contributed by atoms with van der Waals surface area (Å²) >= 11 is 0. The minimum absolute atomic E-state index is 0.0448. The van der Waals surface area contributed by atoms with Crippen LogP contribution in [0, 0.1) is 5.92 Å². The van der Waals surface area contributed by atoms with Crippen molar-refractivity contribution in [3.63, 3.8) is 0 Å². The van der Waals surface area contributed by atoms with Gasteiger partial charge in [0, 0.05) is 12.3 Å². The quantitative estimate of drug-likeness (QED) is 0.615. The number of allylic oxidation sites excluding steroid dienone is 5. The lowest BCUT2D eigenvalue weighted by Gasteiger charge is -2.12.